The van der Waals surface area contributed by atoms with E-state index in [4.69, 9.17) is 0 Å². The van der Waals surface area contributed by atoms with Crippen LogP contribution in [0.1, 0.15) is 26.7 Å². The number of halogens is 1. The zero-order valence-corrected chi connectivity index (χ0v) is 12.2. The van der Waals surface area contributed by atoms with Gasteiger partial charge in [-0.15, -0.1) is 0 Å². The number of hydrogen-bond donors (Lipinski definition) is 1. The molecule has 2 rings (SSSR count). The van der Waals surface area contributed by atoms with Crippen molar-refractivity contribution >= 4 is 27.6 Å². The lowest BCUT2D eigenvalue weighted by Crippen LogP contribution is -2.34. The predicted octanol–water partition coefficient (Wildman–Crippen LogP) is 2.91. The smallest absolute Gasteiger partial charge is 0.148 e. The van der Waals surface area contributed by atoms with Gasteiger partial charge >= 0.3 is 0 Å². The number of anilines is 2. The Bertz CT molecular complexity index is 390. The molecule has 1 N–H and O–H groups in total. The van der Waals surface area contributed by atoms with E-state index in [1.807, 2.05) is 7.05 Å². The largest absolute Gasteiger partial charge is 0.372 e. The maximum absolute atomic E-state index is 4.42. The van der Waals surface area contributed by atoms with Crippen LogP contribution >= 0.6 is 15.9 Å². The van der Waals surface area contributed by atoms with Crippen molar-refractivity contribution in [2.24, 2.45) is 5.92 Å². The van der Waals surface area contributed by atoms with Gasteiger partial charge in [0, 0.05) is 19.6 Å². The lowest BCUT2D eigenvalue weighted by molar-refractivity contribution is 0.634. The van der Waals surface area contributed by atoms with E-state index in [-0.39, 0.29) is 0 Å². The fraction of sp³-hybridized carbons (Fsp3) is 0.667. The molecule has 1 aromatic rings. The quantitative estimate of drug-likeness (QED) is 0.907. The monoisotopic (exact) mass is 298 g/mol. The normalized spacial score (nSPS) is 15.1. The van der Waals surface area contributed by atoms with Crippen molar-refractivity contribution in [2.45, 2.75) is 32.7 Å². The van der Waals surface area contributed by atoms with Gasteiger partial charge in [0.05, 0.1) is 0 Å². The summed E-state index contributed by atoms with van der Waals surface area (Å²) >= 11 is 3.59. The van der Waals surface area contributed by atoms with Gasteiger partial charge in [0.15, 0.2) is 0 Å². The van der Waals surface area contributed by atoms with Crippen LogP contribution in [0, 0.1) is 5.92 Å². The molecular weight excluding hydrogens is 280 g/mol. The molecule has 0 unspecified atom stereocenters. The topological polar surface area (TPSA) is 41.1 Å². The molecule has 1 aliphatic rings. The summed E-state index contributed by atoms with van der Waals surface area (Å²) in [6.07, 6.45) is 4.32. The van der Waals surface area contributed by atoms with Crippen molar-refractivity contribution in [3.8, 4) is 0 Å². The standard InChI is InChI=1S/C12H19BrN4/c1-8(2)17(6-9-4-5-9)12-10(13)11(14-3)15-7-16-12/h7-9H,4-6H2,1-3H3,(H,14,15,16). The summed E-state index contributed by atoms with van der Waals surface area (Å²) in [5.74, 6) is 2.68. The highest BCUT2D eigenvalue weighted by molar-refractivity contribution is 9.10. The molecule has 0 aliphatic heterocycles. The molecule has 1 heterocycles. The predicted molar refractivity (Wildman–Crippen MR) is 74.5 cm³/mol. The first-order chi connectivity index (χ1) is 8.13. The Kier molecular flexibility index (Phi) is 3.86. The molecule has 0 bridgehead atoms. The van der Waals surface area contributed by atoms with Crippen LogP contribution in [0.4, 0.5) is 11.6 Å². The molecule has 0 spiro atoms. The summed E-state index contributed by atoms with van der Waals surface area (Å²) in [6, 6.07) is 0.450. The molecule has 1 saturated carbocycles. The maximum atomic E-state index is 4.42. The van der Waals surface area contributed by atoms with Crippen molar-refractivity contribution in [2.75, 3.05) is 23.8 Å². The van der Waals surface area contributed by atoms with E-state index >= 15 is 0 Å². The van der Waals surface area contributed by atoms with E-state index < -0.39 is 0 Å². The molecule has 0 saturated heterocycles. The van der Waals surface area contributed by atoms with Crippen LogP contribution in [0.5, 0.6) is 0 Å². The summed E-state index contributed by atoms with van der Waals surface area (Å²) in [5, 5.41) is 3.07. The van der Waals surface area contributed by atoms with E-state index in [1.54, 1.807) is 6.33 Å². The number of nitrogens with zero attached hydrogens (tertiary/aromatic N) is 3. The molecule has 0 aromatic carbocycles. The number of nitrogens with one attached hydrogen (secondary N) is 1. The first-order valence-corrected chi connectivity index (χ1v) is 6.87. The van der Waals surface area contributed by atoms with Gasteiger partial charge in [-0.3, -0.25) is 0 Å². The zero-order chi connectivity index (χ0) is 12.4. The third-order valence-corrected chi connectivity index (χ3v) is 3.79. The van der Waals surface area contributed by atoms with Crippen LogP contribution in [0.25, 0.3) is 0 Å². The SMILES string of the molecule is CNc1ncnc(N(CC2CC2)C(C)C)c1Br. The fourth-order valence-electron chi connectivity index (χ4n) is 1.86. The molecule has 0 amide bonds. The molecule has 0 atom stereocenters. The summed E-state index contributed by atoms with van der Waals surface area (Å²) < 4.78 is 0.955. The van der Waals surface area contributed by atoms with Gasteiger partial charge in [0.25, 0.3) is 0 Å². The lowest BCUT2D eigenvalue weighted by Gasteiger charge is -2.29. The number of hydrogen-bond acceptors (Lipinski definition) is 4. The van der Waals surface area contributed by atoms with E-state index in [9.17, 15) is 0 Å². The minimum absolute atomic E-state index is 0.450. The van der Waals surface area contributed by atoms with E-state index in [2.05, 4.69) is 50.0 Å². The first kappa shape index (κ1) is 12.6. The Morgan fingerprint density at radius 3 is 2.71 bits per heavy atom. The van der Waals surface area contributed by atoms with Crippen LogP contribution in [-0.2, 0) is 0 Å². The average molecular weight is 299 g/mol. The van der Waals surface area contributed by atoms with Crippen molar-refractivity contribution in [3.05, 3.63) is 10.8 Å². The van der Waals surface area contributed by atoms with Crippen LogP contribution in [0.3, 0.4) is 0 Å². The first-order valence-electron chi connectivity index (χ1n) is 6.08. The second-order valence-corrected chi connectivity index (χ2v) is 5.59. The molecule has 1 aliphatic carbocycles. The van der Waals surface area contributed by atoms with Crippen molar-refractivity contribution < 1.29 is 0 Å². The van der Waals surface area contributed by atoms with Gasteiger partial charge in [-0.1, -0.05) is 0 Å². The molecule has 1 aromatic heterocycles. The van der Waals surface area contributed by atoms with E-state index in [0.29, 0.717) is 6.04 Å². The molecule has 5 heteroatoms. The Hall–Kier alpha value is -0.840. The maximum Gasteiger partial charge on any atom is 0.148 e. The van der Waals surface area contributed by atoms with Gasteiger partial charge in [-0.25, -0.2) is 9.97 Å². The van der Waals surface area contributed by atoms with Gasteiger partial charge in [0.2, 0.25) is 0 Å². The van der Waals surface area contributed by atoms with Crippen LogP contribution < -0.4 is 10.2 Å². The Labute approximate surface area is 111 Å². The Morgan fingerprint density at radius 1 is 1.47 bits per heavy atom. The van der Waals surface area contributed by atoms with Crippen LogP contribution in [0.2, 0.25) is 0 Å². The highest BCUT2D eigenvalue weighted by Gasteiger charge is 2.27. The lowest BCUT2D eigenvalue weighted by atomic mass is 10.2. The van der Waals surface area contributed by atoms with Crippen LogP contribution in [0.15, 0.2) is 10.8 Å². The van der Waals surface area contributed by atoms with Gasteiger partial charge in [-0.2, -0.15) is 0 Å². The highest BCUT2D eigenvalue weighted by Crippen LogP contribution is 2.35. The molecule has 1 fully saturated rings. The zero-order valence-electron chi connectivity index (χ0n) is 10.6. The van der Waals surface area contributed by atoms with Crippen molar-refractivity contribution in [1.29, 1.82) is 0 Å². The summed E-state index contributed by atoms with van der Waals surface area (Å²) in [5.41, 5.74) is 0. The van der Waals surface area contributed by atoms with Gasteiger partial charge in [0.1, 0.15) is 22.4 Å². The molecular formula is C12H19BrN4. The van der Waals surface area contributed by atoms with Gasteiger partial charge in [-0.05, 0) is 48.5 Å². The average Bonchev–Trinajstić information content (AvgIpc) is 3.10. The van der Waals surface area contributed by atoms with E-state index in [0.717, 1.165) is 28.6 Å². The second kappa shape index (κ2) is 5.21. The van der Waals surface area contributed by atoms with E-state index in [1.165, 1.54) is 12.8 Å². The van der Waals surface area contributed by atoms with Crippen LogP contribution in [-0.4, -0.2) is 29.6 Å². The second-order valence-electron chi connectivity index (χ2n) is 4.80. The Balaban J connectivity index is 2.27. The minimum atomic E-state index is 0.450. The highest BCUT2D eigenvalue weighted by atomic mass is 79.9. The summed E-state index contributed by atoms with van der Waals surface area (Å²) in [7, 11) is 1.87. The molecule has 17 heavy (non-hydrogen) atoms. The fourth-order valence-corrected chi connectivity index (χ4v) is 2.49. The Morgan fingerprint density at radius 2 is 2.18 bits per heavy atom. The molecule has 94 valence electrons. The molecule has 0 radical (unpaired) electrons. The third-order valence-electron chi connectivity index (χ3n) is 3.06. The number of aromatic nitrogens is 2. The summed E-state index contributed by atoms with van der Waals surface area (Å²) in [6.45, 7) is 5.50. The molecule has 4 nitrogen and oxygen atoms in total. The number of rotatable bonds is 5. The third kappa shape index (κ3) is 2.89. The van der Waals surface area contributed by atoms with Crippen molar-refractivity contribution in [1.82, 2.24) is 9.97 Å². The van der Waals surface area contributed by atoms with Gasteiger partial charge < -0.3 is 10.2 Å². The van der Waals surface area contributed by atoms with Crippen molar-refractivity contribution in [3.63, 3.8) is 0 Å². The summed E-state index contributed by atoms with van der Waals surface area (Å²) in [4.78, 5) is 11.0. The minimum Gasteiger partial charge on any atom is -0.372 e.